The van der Waals surface area contributed by atoms with Crippen LogP contribution in [0, 0.1) is 0 Å². The Hall–Kier alpha value is -2.47. The van der Waals surface area contributed by atoms with Gasteiger partial charge in [0.05, 0.1) is 11.7 Å². The van der Waals surface area contributed by atoms with Crippen molar-refractivity contribution in [1.82, 2.24) is 15.0 Å². The first-order valence-electron chi connectivity index (χ1n) is 6.14. The van der Waals surface area contributed by atoms with Crippen molar-refractivity contribution in [1.29, 1.82) is 0 Å². The lowest BCUT2D eigenvalue weighted by Crippen LogP contribution is -2.12. The van der Waals surface area contributed by atoms with Crippen molar-refractivity contribution < 1.29 is 5.11 Å². The van der Waals surface area contributed by atoms with E-state index in [1.807, 2.05) is 0 Å². The summed E-state index contributed by atoms with van der Waals surface area (Å²) >= 11 is 3.32. The molecule has 0 unspecified atom stereocenters. The molecule has 21 heavy (non-hydrogen) atoms. The van der Waals surface area contributed by atoms with Gasteiger partial charge < -0.3 is 10.1 Å². The predicted molar refractivity (Wildman–Crippen MR) is 84.8 cm³/mol. The Balaban J connectivity index is 2.07. The molecule has 0 aliphatic heterocycles. The number of aromatic amines is 1. The molecule has 0 aliphatic carbocycles. The molecular weight excluding hydrogens is 334 g/mol. The van der Waals surface area contributed by atoms with Crippen LogP contribution >= 0.6 is 15.9 Å². The molecule has 5 nitrogen and oxygen atoms in total. The molecule has 6 heteroatoms. The van der Waals surface area contributed by atoms with E-state index in [4.69, 9.17) is 0 Å². The zero-order valence-corrected chi connectivity index (χ0v) is 12.3. The second-order valence-electron chi connectivity index (χ2n) is 4.38. The van der Waals surface area contributed by atoms with Gasteiger partial charge in [-0.1, -0.05) is 28.1 Å². The van der Waals surface area contributed by atoms with E-state index in [0.717, 1.165) is 4.47 Å². The maximum atomic E-state index is 12.0. The molecule has 104 valence electrons. The molecule has 3 aromatic rings. The van der Waals surface area contributed by atoms with E-state index in [9.17, 15) is 9.90 Å². The van der Waals surface area contributed by atoms with Crippen molar-refractivity contribution in [2.24, 2.45) is 0 Å². The number of halogens is 1. The monoisotopic (exact) mass is 343 g/mol. The van der Waals surface area contributed by atoms with Gasteiger partial charge in [-0.25, -0.2) is 4.98 Å². The number of fused-ring (bicyclic) bond motifs is 1. The quantitative estimate of drug-likeness (QED) is 0.700. The van der Waals surface area contributed by atoms with Crippen molar-refractivity contribution in [3.8, 4) is 0 Å². The molecule has 0 aliphatic rings. The molecule has 0 spiro atoms. The summed E-state index contributed by atoms with van der Waals surface area (Å²) in [5.41, 5.74) is 1.54. The highest BCUT2D eigenvalue weighted by Crippen LogP contribution is 2.17. The second-order valence-corrected chi connectivity index (χ2v) is 5.30. The average Bonchev–Trinajstić information content (AvgIpc) is 2.48. The third-order valence-electron chi connectivity index (χ3n) is 2.94. The van der Waals surface area contributed by atoms with E-state index < -0.39 is 0 Å². The van der Waals surface area contributed by atoms with Crippen LogP contribution in [0.25, 0.3) is 22.9 Å². The summed E-state index contributed by atoms with van der Waals surface area (Å²) < 4.78 is 0.909. The van der Waals surface area contributed by atoms with E-state index in [1.165, 1.54) is 6.08 Å². The lowest BCUT2D eigenvalue weighted by Gasteiger charge is -2.01. The summed E-state index contributed by atoms with van der Waals surface area (Å²) in [5, 5.41) is 10.1. The normalized spacial score (nSPS) is 11.8. The third kappa shape index (κ3) is 2.85. The number of H-pyrrole nitrogens is 1. The number of nitrogens with zero attached hydrogens (tertiary/aromatic N) is 2. The number of hydrogen-bond acceptors (Lipinski definition) is 4. The summed E-state index contributed by atoms with van der Waals surface area (Å²) in [5.74, 6) is -0.0243. The summed E-state index contributed by atoms with van der Waals surface area (Å²) in [6.45, 7) is 0. The zero-order chi connectivity index (χ0) is 14.8. The number of nitrogens with one attached hydrogen (secondary N) is 1. The van der Waals surface area contributed by atoms with Crippen LogP contribution in [0.15, 0.2) is 52.0 Å². The number of pyridine rings is 1. The van der Waals surface area contributed by atoms with Crippen LogP contribution in [0.3, 0.4) is 0 Å². The molecule has 0 saturated heterocycles. The molecular formula is C15H10BrN3O2. The Morgan fingerprint density at radius 3 is 2.76 bits per heavy atom. The minimum Gasteiger partial charge on any atom is -0.507 e. The van der Waals surface area contributed by atoms with Crippen molar-refractivity contribution in [2.75, 3.05) is 0 Å². The molecule has 3 rings (SSSR count). The first kappa shape index (κ1) is 13.5. The Morgan fingerprint density at radius 2 is 2.00 bits per heavy atom. The molecule has 2 aromatic heterocycles. The fourth-order valence-corrected chi connectivity index (χ4v) is 2.14. The highest BCUT2D eigenvalue weighted by molar-refractivity contribution is 9.10. The van der Waals surface area contributed by atoms with Crippen LogP contribution in [0.5, 0.6) is 0 Å². The molecule has 0 saturated carbocycles. The molecule has 0 radical (unpaired) electrons. The first-order valence-corrected chi connectivity index (χ1v) is 6.93. The van der Waals surface area contributed by atoms with Crippen LogP contribution in [0.2, 0.25) is 0 Å². The fourth-order valence-electron chi connectivity index (χ4n) is 1.88. The Morgan fingerprint density at radius 1 is 1.24 bits per heavy atom. The molecule has 0 atom stereocenters. The van der Waals surface area contributed by atoms with Gasteiger partial charge >= 0.3 is 0 Å². The minimum absolute atomic E-state index is 0.0243. The van der Waals surface area contributed by atoms with E-state index in [2.05, 4.69) is 30.9 Å². The van der Waals surface area contributed by atoms with Gasteiger partial charge in [0.1, 0.15) is 17.0 Å². The lowest BCUT2D eigenvalue weighted by molar-refractivity contribution is 0.515. The van der Waals surface area contributed by atoms with Crippen LogP contribution < -0.4 is 5.56 Å². The van der Waals surface area contributed by atoms with Crippen LogP contribution in [-0.4, -0.2) is 20.1 Å². The van der Waals surface area contributed by atoms with Crippen molar-refractivity contribution in [2.45, 2.75) is 0 Å². The van der Waals surface area contributed by atoms with Gasteiger partial charge in [0.2, 0.25) is 0 Å². The SMILES string of the molecule is O=c1[nH]c2ccncc2nc1/C=C(\O)c1ccc(Br)cc1. The number of aromatic nitrogens is 3. The standard InChI is InChI=1S/C15H10BrN3O2/c16-10-3-1-9(2-4-10)14(20)7-12-15(21)19-11-5-6-17-8-13(11)18-12/h1-8,20H,(H,19,21)/b14-7-. The van der Waals surface area contributed by atoms with E-state index in [0.29, 0.717) is 16.6 Å². The van der Waals surface area contributed by atoms with Gasteiger partial charge in [-0.05, 0) is 18.2 Å². The van der Waals surface area contributed by atoms with Gasteiger partial charge in [-0.3, -0.25) is 9.78 Å². The van der Waals surface area contributed by atoms with Crippen molar-refractivity contribution in [3.63, 3.8) is 0 Å². The van der Waals surface area contributed by atoms with Crippen LogP contribution in [-0.2, 0) is 0 Å². The molecule has 0 fully saturated rings. The third-order valence-corrected chi connectivity index (χ3v) is 3.46. The van der Waals surface area contributed by atoms with Crippen molar-refractivity contribution in [3.05, 3.63) is 68.8 Å². The molecule has 2 N–H and O–H groups in total. The Bertz CT molecular complexity index is 885. The summed E-state index contributed by atoms with van der Waals surface area (Å²) in [4.78, 5) is 22.8. The van der Waals surface area contributed by atoms with Gasteiger partial charge in [-0.2, -0.15) is 0 Å². The largest absolute Gasteiger partial charge is 0.507 e. The highest BCUT2D eigenvalue weighted by atomic mass is 79.9. The van der Waals surface area contributed by atoms with Crippen LogP contribution in [0.1, 0.15) is 11.3 Å². The van der Waals surface area contributed by atoms with Crippen molar-refractivity contribution >= 4 is 38.8 Å². The zero-order valence-electron chi connectivity index (χ0n) is 10.7. The number of aliphatic hydroxyl groups is 1. The number of hydrogen-bond donors (Lipinski definition) is 2. The Labute approximate surface area is 128 Å². The fraction of sp³-hybridized carbons (Fsp3) is 0. The molecule has 0 amide bonds. The lowest BCUT2D eigenvalue weighted by atomic mass is 10.1. The molecule has 1 aromatic carbocycles. The second kappa shape index (κ2) is 5.49. The van der Waals surface area contributed by atoms with E-state index in [-0.39, 0.29) is 17.0 Å². The van der Waals surface area contributed by atoms with Gasteiger partial charge in [-0.15, -0.1) is 0 Å². The average molecular weight is 344 g/mol. The number of benzene rings is 1. The highest BCUT2D eigenvalue weighted by Gasteiger charge is 2.05. The maximum Gasteiger partial charge on any atom is 0.274 e. The number of aliphatic hydroxyl groups excluding tert-OH is 1. The maximum absolute atomic E-state index is 12.0. The molecule has 0 bridgehead atoms. The molecule has 2 heterocycles. The number of rotatable bonds is 2. The predicted octanol–water partition coefficient (Wildman–Crippen LogP) is 3.14. The summed E-state index contributed by atoms with van der Waals surface area (Å²) in [6.07, 6.45) is 4.47. The summed E-state index contributed by atoms with van der Waals surface area (Å²) in [7, 11) is 0. The van der Waals surface area contributed by atoms with Gasteiger partial charge in [0.15, 0.2) is 0 Å². The Kier molecular flexibility index (Phi) is 3.53. The smallest absolute Gasteiger partial charge is 0.274 e. The van der Waals surface area contributed by atoms with Crippen LogP contribution in [0.4, 0.5) is 0 Å². The van der Waals surface area contributed by atoms with Gasteiger partial charge in [0.25, 0.3) is 5.56 Å². The van der Waals surface area contributed by atoms with Gasteiger partial charge in [0, 0.05) is 22.3 Å². The summed E-state index contributed by atoms with van der Waals surface area (Å²) in [6, 6.07) is 8.77. The topological polar surface area (TPSA) is 78.9 Å². The first-order chi connectivity index (χ1) is 10.1. The minimum atomic E-state index is -0.364. The van der Waals surface area contributed by atoms with E-state index in [1.54, 1.807) is 42.7 Å². The van der Waals surface area contributed by atoms with E-state index >= 15 is 0 Å².